The van der Waals surface area contributed by atoms with E-state index in [9.17, 15) is 19.5 Å². The van der Waals surface area contributed by atoms with Crippen molar-refractivity contribution in [1.29, 1.82) is 0 Å². The molecule has 0 spiro atoms. The van der Waals surface area contributed by atoms with E-state index in [-0.39, 0.29) is 38.4 Å². The average Bonchev–Trinajstić information content (AvgIpc) is 3.48. The Kier molecular flexibility index (Phi) is 10.2. The maximum absolute atomic E-state index is 13.4. The molecule has 2 heterocycles. The zero-order chi connectivity index (χ0) is 28.5. The molecule has 10 heteroatoms. The lowest BCUT2D eigenvalue weighted by Gasteiger charge is -2.32. The van der Waals surface area contributed by atoms with Gasteiger partial charge in [-0.3, -0.25) is 14.4 Å². The highest BCUT2D eigenvalue weighted by Crippen LogP contribution is 2.31. The number of carbonyl (C=O) groups excluding carboxylic acids is 1. The molecule has 2 aromatic carbocycles. The molecule has 3 aromatic rings. The van der Waals surface area contributed by atoms with Gasteiger partial charge >= 0.3 is 11.9 Å². The fraction of sp³-hybridized carbons (Fsp3) is 0.367. The fourth-order valence-electron chi connectivity index (χ4n) is 4.56. The topological polar surface area (TPSA) is 117 Å². The van der Waals surface area contributed by atoms with Crippen LogP contribution in [0.2, 0.25) is 0 Å². The molecule has 0 radical (unpaired) electrons. The van der Waals surface area contributed by atoms with Crippen LogP contribution in [0.4, 0.5) is 0 Å². The van der Waals surface area contributed by atoms with Crippen molar-refractivity contribution in [2.45, 2.75) is 32.3 Å². The normalized spacial score (nSPS) is 13.7. The molecule has 0 saturated carbocycles. The van der Waals surface area contributed by atoms with Crippen LogP contribution in [0.1, 0.15) is 40.7 Å². The summed E-state index contributed by atoms with van der Waals surface area (Å²) in [4.78, 5) is 39.7. The second-order valence-electron chi connectivity index (χ2n) is 9.78. The number of ether oxygens (including phenoxy) is 2. The van der Waals surface area contributed by atoms with Crippen LogP contribution in [-0.4, -0.2) is 77.7 Å². The summed E-state index contributed by atoms with van der Waals surface area (Å²) in [7, 11) is 2.05. The van der Waals surface area contributed by atoms with Crippen molar-refractivity contribution in [2.24, 2.45) is 0 Å². The minimum absolute atomic E-state index is 0.0110. The molecule has 1 aliphatic rings. The molecule has 40 heavy (non-hydrogen) atoms. The number of nitrogens with zero attached hydrogens (tertiary/aromatic N) is 2. The fourth-order valence-corrected chi connectivity index (χ4v) is 5.22. The van der Waals surface area contributed by atoms with Crippen LogP contribution < -0.4 is 9.47 Å². The van der Waals surface area contributed by atoms with Gasteiger partial charge in [-0.1, -0.05) is 12.1 Å². The smallest absolute Gasteiger partial charge is 0.303 e. The maximum Gasteiger partial charge on any atom is 0.303 e. The van der Waals surface area contributed by atoms with Gasteiger partial charge in [0.25, 0.3) is 5.91 Å². The highest BCUT2D eigenvalue weighted by molar-refractivity contribution is 7.08. The van der Waals surface area contributed by atoms with Crippen LogP contribution in [-0.2, 0) is 22.6 Å². The van der Waals surface area contributed by atoms with E-state index in [0.29, 0.717) is 42.1 Å². The highest BCUT2D eigenvalue weighted by Gasteiger charge is 2.22. The minimum Gasteiger partial charge on any atom is -0.493 e. The number of hydrogen-bond acceptors (Lipinski definition) is 7. The van der Waals surface area contributed by atoms with Gasteiger partial charge in [0.1, 0.15) is 18.1 Å². The molecule has 0 aliphatic carbocycles. The number of carboxylic acids is 2. The summed E-state index contributed by atoms with van der Waals surface area (Å²) in [5.74, 6) is -0.798. The van der Waals surface area contributed by atoms with Gasteiger partial charge in [0.15, 0.2) is 0 Å². The van der Waals surface area contributed by atoms with Crippen molar-refractivity contribution >= 4 is 29.2 Å². The first-order valence-corrected chi connectivity index (χ1v) is 14.2. The summed E-state index contributed by atoms with van der Waals surface area (Å²) in [5, 5.41) is 22.2. The number of hydrogen-bond donors (Lipinski definition) is 2. The van der Waals surface area contributed by atoms with Gasteiger partial charge in [-0.2, -0.15) is 11.3 Å². The van der Waals surface area contributed by atoms with E-state index in [1.165, 1.54) is 0 Å². The lowest BCUT2D eigenvalue weighted by atomic mass is 10.0. The Labute approximate surface area is 237 Å². The van der Waals surface area contributed by atoms with E-state index in [4.69, 9.17) is 14.6 Å². The number of carbonyl (C=O) groups is 3. The summed E-state index contributed by atoms with van der Waals surface area (Å²) >= 11 is 1.58. The number of piperazine rings is 1. The number of rotatable bonds is 13. The zero-order valence-electron chi connectivity index (χ0n) is 22.5. The molecule has 1 aromatic heterocycles. The molecule has 1 saturated heterocycles. The molecular weight excluding hydrogens is 532 g/mol. The van der Waals surface area contributed by atoms with E-state index in [0.717, 1.165) is 29.8 Å². The molecule has 0 atom stereocenters. The molecule has 0 bridgehead atoms. The third-order valence-corrected chi connectivity index (χ3v) is 7.49. The van der Waals surface area contributed by atoms with Crippen LogP contribution in [0.3, 0.4) is 0 Å². The lowest BCUT2D eigenvalue weighted by Crippen LogP contribution is -2.47. The van der Waals surface area contributed by atoms with Crippen molar-refractivity contribution in [3.63, 3.8) is 0 Å². The van der Waals surface area contributed by atoms with Gasteiger partial charge < -0.3 is 29.5 Å². The number of carboxylic acid groups (broad SMARTS) is 2. The zero-order valence-corrected chi connectivity index (χ0v) is 23.3. The molecule has 1 aliphatic heterocycles. The van der Waals surface area contributed by atoms with Gasteiger partial charge in [-0.15, -0.1) is 0 Å². The average molecular weight is 567 g/mol. The Morgan fingerprint density at radius 3 is 2.40 bits per heavy atom. The first-order valence-electron chi connectivity index (χ1n) is 13.3. The standard InChI is InChI=1S/C30H34N2O7S/c1-31-10-12-32(13-11-31)30(37)24-16-23(22-9-15-40-20-22)17-25(18-24)39-19-21-4-2-5-27(26(21)7-8-29(35)36)38-14-3-6-28(33)34/h2,4-5,9,15-18,20H,3,6-8,10-14,19H2,1H3,(H,33,34)(H,35,36). The van der Waals surface area contributed by atoms with Crippen LogP contribution in [0.5, 0.6) is 11.5 Å². The van der Waals surface area contributed by atoms with E-state index in [1.54, 1.807) is 29.5 Å². The van der Waals surface area contributed by atoms with Crippen LogP contribution in [0, 0.1) is 0 Å². The highest BCUT2D eigenvalue weighted by atomic mass is 32.1. The number of amides is 1. The van der Waals surface area contributed by atoms with Gasteiger partial charge in [0.2, 0.25) is 0 Å². The van der Waals surface area contributed by atoms with Gasteiger partial charge in [0, 0.05) is 50.1 Å². The molecule has 0 unspecified atom stereocenters. The Morgan fingerprint density at radius 2 is 1.70 bits per heavy atom. The predicted octanol–water partition coefficient (Wildman–Crippen LogP) is 4.64. The Bertz CT molecular complexity index is 1320. The maximum atomic E-state index is 13.4. The van der Waals surface area contributed by atoms with Gasteiger partial charge in [-0.05, 0) is 77.7 Å². The Hall–Kier alpha value is -3.89. The van der Waals surface area contributed by atoms with Crippen molar-refractivity contribution in [2.75, 3.05) is 39.8 Å². The summed E-state index contributed by atoms with van der Waals surface area (Å²) in [6, 6.07) is 13.0. The number of benzene rings is 2. The Morgan fingerprint density at radius 1 is 0.925 bits per heavy atom. The summed E-state index contributed by atoms with van der Waals surface area (Å²) in [5.41, 5.74) is 3.93. The SMILES string of the molecule is CN1CCN(C(=O)c2cc(OCc3cccc(OCCCC(=O)O)c3CCC(=O)O)cc(-c3ccsc3)c2)CC1. The molecule has 2 N–H and O–H groups in total. The number of likely N-dealkylation sites (N-methyl/N-ethyl adjacent to an activating group) is 1. The summed E-state index contributed by atoms with van der Waals surface area (Å²) in [6.45, 7) is 3.34. The quantitative estimate of drug-likeness (QED) is 0.288. The lowest BCUT2D eigenvalue weighted by molar-refractivity contribution is -0.138. The molecule has 212 valence electrons. The second-order valence-corrected chi connectivity index (χ2v) is 10.6. The number of aliphatic carboxylic acids is 2. The Balaban J connectivity index is 1.56. The van der Waals surface area contributed by atoms with Crippen LogP contribution in [0.25, 0.3) is 11.1 Å². The monoisotopic (exact) mass is 566 g/mol. The summed E-state index contributed by atoms with van der Waals surface area (Å²) in [6.07, 6.45) is 0.488. The van der Waals surface area contributed by atoms with E-state index >= 15 is 0 Å². The largest absolute Gasteiger partial charge is 0.493 e. The van der Waals surface area contributed by atoms with E-state index < -0.39 is 11.9 Å². The third kappa shape index (κ3) is 8.06. The summed E-state index contributed by atoms with van der Waals surface area (Å²) < 4.78 is 12.1. The van der Waals surface area contributed by atoms with Gasteiger partial charge in [-0.25, -0.2) is 0 Å². The minimum atomic E-state index is -0.928. The number of thiophene rings is 1. The van der Waals surface area contributed by atoms with Crippen molar-refractivity contribution in [1.82, 2.24) is 9.80 Å². The van der Waals surface area contributed by atoms with E-state index in [1.807, 2.05) is 47.0 Å². The van der Waals surface area contributed by atoms with Gasteiger partial charge in [0.05, 0.1) is 6.61 Å². The molecule has 4 rings (SSSR count). The first kappa shape index (κ1) is 29.1. The molecule has 9 nitrogen and oxygen atoms in total. The second kappa shape index (κ2) is 14.0. The van der Waals surface area contributed by atoms with E-state index in [2.05, 4.69) is 4.90 Å². The predicted molar refractivity (Wildman–Crippen MR) is 152 cm³/mol. The van der Waals surface area contributed by atoms with Crippen molar-refractivity contribution < 1.29 is 34.1 Å². The molecule has 1 amide bonds. The van der Waals surface area contributed by atoms with Crippen molar-refractivity contribution in [3.05, 3.63) is 69.9 Å². The third-order valence-electron chi connectivity index (χ3n) is 6.80. The van der Waals surface area contributed by atoms with Crippen molar-refractivity contribution in [3.8, 4) is 22.6 Å². The molecular formula is C30H34N2O7S. The first-order chi connectivity index (χ1) is 19.3. The van der Waals surface area contributed by atoms with Crippen LogP contribution in [0.15, 0.2) is 53.2 Å². The van der Waals surface area contributed by atoms with Crippen LogP contribution >= 0.6 is 11.3 Å². The molecule has 1 fully saturated rings.